The zero-order chi connectivity index (χ0) is 27.3. The third-order valence-corrected chi connectivity index (χ3v) is 8.45. The largest absolute Gasteiger partial charge is 0.497 e. The SMILES string of the molecule is COc1ccc(NC(=O)c2c(-c3ccc(C)c(C)c3)c3c4n(c(-c5ccc(Cl)c(Cl)c5)cn24)CCCC3)cc1. The van der Waals surface area contributed by atoms with Crippen LogP contribution in [0.1, 0.15) is 40.0 Å². The quantitative estimate of drug-likeness (QED) is 0.235. The number of anilines is 1. The first kappa shape index (κ1) is 25.6. The van der Waals surface area contributed by atoms with E-state index in [1.165, 1.54) is 16.7 Å². The van der Waals surface area contributed by atoms with Crippen LogP contribution in [-0.2, 0) is 13.0 Å². The van der Waals surface area contributed by atoms with Gasteiger partial charge in [-0.2, -0.15) is 0 Å². The van der Waals surface area contributed by atoms with Crippen molar-refractivity contribution >= 4 is 40.4 Å². The molecule has 1 aliphatic heterocycles. The first-order valence-corrected chi connectivity index (χ1v) is 13.9. The van der Waals surface area contributed by atoms with E-state index in [4.69, 9.17) is 27.9 Å². The molecule has 2 aromatic heterocycles. The second-order valence-corrected chi connectivity index (χ2v) is 10.9. The first-order chi connectivity index (χ1) is 18.9. The summed E-state index contributed by atoms with van der Waals surface area (Å²) in [5.41, 5.74) is 10.0. The Morgan fingerprint density at radius 1 is 0.897 bits per heavy atom. The fourth-order valence-corrected chi connectivity index (χ4v) is 5.87. The maximum atomic E-state index is 14.1. The van der Waals surface area contributed by atoms with Crippen LogP contribution >= 0.6 is 23.2 Å². The average Bonchev–Trinajstić information content (AvgIpc) is 3.35. The number of methoxy groups -OCH3 is 1. The zero-order valence-electron chi connectivity index (χ0n) is 22.1. The molecule has 5 nitrogen and oxygen atoms in total. The predicted octanol–water partition coefficient (Wildman–Crippen LogP) is 8.60. The van der Waals surface area contributed by atoms with Gasteiger partial charge in [0.25, 0.3) is 5.91 Å². The number of benzene rings is 3. The van der Waals surface area contributed by atoms with Crippen molar-refractivity contribution in [1.29, 1.82) is 0 Å². The number of amides is 1. The molecule has 3 aromatic carbocycles. The monoisotopic (exact) mass is 557 g/mol. The number of aryl methyl sites for hydroxylation is 4. The summed E-state index contributed by atoms with van der Waals surface area (Å²) < 4.78 is 9.69. The maximum Gasteiger partial charge on any atom is 0.273 e. The van der Waals surface area contributed by atoms with Gasteiger partial charge in [0.2, 0.25) is 0 Å². The van der Waals surface area contributed by atoms with Crippen LogP contribution < -0.4 is 10.1 Å². The topological polar surface area (TPSA) is 47.7 Å². The number of imidazole rings is 1. The van der Waals surface area contributed by atoms with Gasteiger partial charge < -0.3 is 14.6 Å². The number of nitrogens with zero attached hydrogens (tertiary/aromatic N) is 2. The van der Waals surface area contributed by atoms with E-state index in [-0.39, 0.29) is 5.91 Å². The number of hydrogen-bond acceptors (Lipinski definition) is 2. The third kappa shape index (κ3) is 4.50. The van der Waals surface area contributed by atoms with Gasteiger partial charge in [0, 0.05) is 35.1 Å². The van der Waals surface area contributed by atoms with E-state index < -0.39 is 0 Å². The molecule has 1 amide bonds. The predicted molar refractivity (Wildman–Crippen MR) is 160 cm³/mol. The summed E-state index contributed by atoms with van der Waals surface area (Å²) in [6.45, 7) is 5.08. The van der Waals surface area contributed by atoms with Gasteiger partial charge in [-0.25, -0.2) is 0 Å². The van der Waals surface area contributed by atoms with E-state index in [1.54, 1.807) is 7.11 Å². The fraction of sp³-hybridized carbons (Fsp3) is 0.219. The van der Waals surface area contributed by atoms with Gasteiger partial charge in [-0.05, 0) is 86.2 Å². The standard InChI is InChI=1S/C32H29Cl2N3O2/c1-19-7-8-22(16-20(19)2)29-25-6-4-5-15-36-28(21-9-14-26(33)27(34)17-21)18-37(32(25)36)30(29)31(38)35-23-10-12-24(39-3)13-11-23/h7-14,16-18H,4-6,15H2,1-3H3,(H,35,38). The normalized spacial score (nSPS) is 12.9. The minimum atomic E-state index is -0.159. The van der Waals surface area contributed by atoms with E-state index in [0.717, 1.165) is 59.6 Å². The summed E-state index contributed by atoms with van der Waals surface area (Å²) in [5, 5.41) is 4.16. The summed E-state index contributed by atoms with van der Waals surface area (Å²) in [6.07, 6.45) is 5.05. The van der Waals surface area contributed by atoms with E-state index in [2.05, 4.69) is 52.5 Å². The molecule has 39 heavy (non-hydrogen) atoms. The van der Waals surface area contributed by atoms with Gasteiger partial charge in [0.15, 0.2) is 0 Å². The number of carbonyl (C=O) groups is 1. The summed E-state index contributed by atoms with van der Waals surface area (Å²) in [5.74, 6) is 0.578. The molecule has 1 N–H and O–H groups in total. The smallest absolute Gasteiger partial charge is 0.273 e. The van der Waals surface area contributed by atoms with Crippen molar-refractivity contribution in [2.75, 3.05) is 12.4 Å². The Balaban J connectivity index is 1.59. The number of ether oxygens (including phenoxy) is 1. The number of aromatic nitrogens is 2. The zero-order valence-corrected chi connectivity index (χ0v) is 23.7. The molecule has 0 fully saturated rings. The molecule has 0 aliphatic carbocycles. The maximum absolute atomic E-state index is 14.1. The molecular formula is C32H29Cl2N3O2. The number of rotatable bonds is 5. The highest BCUT2D eigenvalue weighted by Crippen LogP contribution is 2.41. The molecule has 0 saturated carbocycles. The lowest BCUT2D eigenvalue weighted by atomic mass is 9.95. The van der Waals surface area contributed by atoms with E-state index >= 15 is 0 Å². The van der Waals surface area contributed by atoms with Crippen LogP contribution in [0.5, 0.6) is 5.75 Å². The van der Waals surface area contributed by atoms with E-state index in [1.807, 2.05) is 42.5 Å². The molecule has 5 aromatic rings. The Labute approximate surface area is 237 Å². The molecule has 0 radical (unpaired) electrons. The van der Waals surface area contributed by atoms with Crippen LogP contribution in [0.3, 0.4) is 0 Å². The molecule has 0 spiro atoms. The van der Waals surface area contributed by atoms with Crippen LogP contribution in [0, 0.1) is 13.8 Å². The Morgan fingerprint density at radius 3 is 2.38 bits per heavy atom. The van der Waals surface area contributed by atoms with Crippen LogP contribution in [0.2, 0.25) is 10.0 Å². The molecule has 0 unspecified atom stereocenters. The second kappa shape index (κ2) is 10.1. The fourth-order valence-electron chi connectivity index (χ4n) is 5.57. The Morgan fingerprint density at radius 2 is 1.67 bits per heavy atom. The summed E-state index contributed by atoms with van der Waals surface area (Å²) in [7, 11) is 1.63. The highest BCUT2D eigenvalue weighted by molar-refractivity contribution is 6.42. The lowest BCUT2D eigenvalue weighted by Crippen LogP contribution is -2.15. The molecular weight excluding hydrogens is 529 g/mol. The molecule has 6 rings (SSSR count). The van der Waals surface area contributed by atoms with Gasteiger partial charge in [0.1, 0.15) is 17.1 Å². The highest BCUT2D eigenvalue weighted by Gasteiger charge is 2.30. The van der Waals surface area contributed by atoms with Crippen molar-refractivity contribution < 1.29 is 9.53 Å². The molecule has 0 bridgehead atoms. The Kier molecular flexibility index (Phi) is 6.66. The molecule has 7 heteroatoms. The van der Waals surface area contributed by atoms with Gasteiger partial charge in [-0.1, -0.05) is 47.5 Å². The van der Waals surface area contributed by atoms with Gasteiger partial charge in [-0.15, -0.1) is 0 Å². The Hall–Kier alpha value is -3.67. The summed E-state index contributed by atoms with van der Waals surface area (Å²) >= 11 is 12.6. The number of hydrogen-bond donors (Lipinski definition) is 1. The van der Waals surface area contributed by atoms with Crippen molar-refractivity contribution in [2.45, 2.75) is 39.7 Å². The van der Waals surface area contributed by atoms with Gasteiger partial charge in [-0.3, -0.25) is 9.20 Å². The van der Waals surface area contributed by atoms with Crippen molar-refractivity contribution in [3.8, 4) is 28.1 Å². The molecule has 3 heterocycles. The first-order valence-electron chi connectivity index (χ1n) is 13.1. The summed E-state index contributed by atoms with van der Waals surface area (Å²) in [4.78, 5) is 14.1. The molecule has 1 aliphatic rings. The number of halogens is 2. The van der Waals surface area contributed by atoms with Crippen molar-refractivity contribution in [3.63, 3.8) is 0 Å². The minimum Gasteiger partial charge on any atom is -0.497 e. The van der Waals surface area contributed by atoms with E-state index in [9.17, 15) is 4.79 Å². The van der Waals surface area contributed by atoms with Crippen LogP contribution in [-0.4, -0.2) is 22.0 Å². The van der Waals surface area contributed by atoms with Crippen LogP contribution in [0.25, 0.3) is 28.0 Å². The van der Waals surface area contributed by atoms with E-state index in [0.29, 0.717) is 21.4 Å². The number of nitrogens with one attached hydrogen (secondary N) is 1. The van der Waals surface area contributed by atoms with Crippen LogP contribution in [0.4, 0.5) is 5.69 Å². The van der Waals surface area contributed by atoms with Gasteiger partial charge >= 0.3 is 0 Å². The molecule has 0 atom stereocenters. The van der Waals surface area contributed by atoms with Crippen molar-refractivity contribution in [2.24, 2.45) is 0 Å². The lowest BCUT2D eigenvalue weighted by Gasteiger charge is -2.12. The Bertz CT molecular complexity index is 1730. The second-order valence-electron chi connectivity index (χ2n) is 10.1. The lowest BCUT2D eigenvalue weighted by molar-refractivity contribution is 0.102. The third-order valence-electron chi connectivity index (χ3n) is 7.71. The van der Waals surface area contributed by atoms with Crippen molar-refractivity contribution in [1.82, 2.24) is 8.97 Å². The number of carbonyl (C=O) groups excluding carboxylic acids is 1. The average molecular weight is 559 g/mol. The van der Waals surface area contributed by atoms with Crippen LogP contribution in [0.15, 0.2) is 66.9 Å². The molecule has 198 valence electrons. The van der Waals surface area contributed by atoms with Crippen molar-refractivity contribution in [3.05, 3.63) is 99.3 Å². The molecule has 0 saturated heterocycles. The van der Waals surface area contributed by atoms with Gasteiger partial charge in [0.05, 0.1) is 22.8 Å². The summed E-state index contributed by atoms with van der Waals surface area (Å²) in [6, 6.07) is 19.6. The highest BCUT2D eigenvalue weighted by atomic mass is 35.5. The minimum absolute atomic E-state index is 0.159.